The van der Waals surface area contributed by atoms with Gasteiger partial charge in [-0.3, -0.25) is 9.79 Å². The molecule has 2 N–H and O–H groups in total. The molecule has 0 aromatic carbocycles. The highest BCUT2D eigenvalue weighted by molar-refractivity contribution is 14.0. The van der Waals surface area contributed by atoms with E-state index >= 15 is 0 Å². The number of hydrogen-bond donors (Lipinski definition) is 2. The van der Waals surface area contributed by atoms with E-state index < -0.39 is 0 Å². The van der Waals surface area contributed by atoms with Gasteiger partial charge in [0.05, 0.1) is 5.60 Å². The largest absolute Gasteiger partial charge is 0.462 e. The van der Waals surface area contributed by atoms with Gasteiger partial charge in [-0.2, -0.15) is 0 Å². The van der Waals surface area contributed by atoms with Gasteiger partial charge >= 0.3 is 5.97 Å². The third kappa shape index (κ3) is 10.0. The topological polar surface area (TPSA) is 72.0 Å². The minimum atomic E-state index is -0.247. The molecule has 6 nitrogen and oxygen atoms in total. The first-order valence-corrected chi connectivity index (χ1v) is 8.16. The lowest BCUT2D eigenvalue weighted by molar-refractivity contribution is -0.148. The Kier molecular flexibility index (Phi) is 11.6. The summed E-state index contributed by atoms with van der Waals surface area (Å²) >= 11 is 0. The summed E-state index contributed by atoms with van der Waals surface area (Å²) < 4.78 is 10.8. The van der Waals surface area contributed by atoms with Gasteiger partial charge in [0.1, 0.15) is 6.10 Å². The van der Waals surface area contributed by atoms with Crippen molar-refractivity contribution in [3.8, 4) is 0 Å². The summed E-state index contributed by atoms with van der Waals surface area (Å²) in [5.41, 5.74) is -0.247. The van der Waals surface area contributed by atoms with Crippen molar-refractivity contribution in [2.24, 2.45) is 4.99 Å². The number of guanidine groups is 1. The first-order valence-electron chi connectivity index (χ1n) is 8.16. The highest BCUT2D eigenvalue weighted by atomic mass is 127. The second-order valence-corrected chi connectivity index (χ2v) is 6.32. The van der Waals surface area contributed by atoms with Crippen molar-refractivity contribution < 1.29 is 14.3 Å². The molecule has 0 saturated heterocycles. The Hall–Kier alpha value is -0.570. The van der Waals surface area contributed by atoms with Crippen LogP contribution in [0.1, 0.15) is 52.4 Å². The zero-order chi connectivity index (χ0) is 16.4. The van der Waals surface area contributed by atoms with E-state index in [1.54, 1.807) is 14.2 Å². The number of methoxy groups -OCH3 is 1. The van der Waals surface area contributed by atoms with Gasteiger partial charge in [-0.25, -0.2) is 0 Å². The second kappa shape index (κ2) is 11.9. The summed E-state index contributed by atoms with van der Waals surface area (Å²) in [5.74, 6) is 0.631. The van der Waals surface area contributed by atoms with Gasteiger partial charge in [0, 0.05) is 33.7 Å². The zero-order valence-corrected chi connectivity index (χ0v) is 17.1. The molecule has 0 amide bonds. The molecule has 0 radical (unpaired) electrons. The molecule has 0 unspecified atom stereocenters. The average Bonchev–Trinajstić information content (AvgIpc) is 2.99. The Morgan fingerprint density at radius 3 is 2.48 bits per heavy atom. The van der Waals surface area contributed by atoms with Gasteiger partial charge in [-0.05, 0) is 46.0 Å². The van der Waals surface area contributed by atoms with E-state index in [2.05, 4.69) is 15.6 Å². The van der Waals surface area contributed by atoms with E-state index in [0.29, 0.717) is 25.5 Å². The molecule has 7 heteroatoms. The summed E-state index contributed by atoms with van der Waals surface area (Å²) in [5, 5.41) is 6.40. The summed E-state index contributed by atoms with van der Waals surface area (Å²) in [6.45, 7) is 5.36. The minimum Gasteiger partial charge on any atom is -0.462 e. The Morgan fingerprint density at radius 1 is 1.26 bits per heavy atom. The fourth-order valence-corrected chi connectivity index (χ4v) is 2.28. The number of rotatable bonds is 8. The molecule has 0 bridgehead atoms. The van der Waals surface area contributed by atoms with Gasteiger partial charge in [-0.15, -0.1) is 24.0 Å². The van der Waals surface area contributed by atoms with Crippen molar-refractivity contribution in [2.45, 2.75) is 64.1 Å². The fourth-order valence-electron chi connectivity index (χ4n) is 2.28. The maximum absolute atomic E-state index is 11.7. The van der Waals surface area contributed by atoms with E-state index in [1.165, 1.54) is 12.8 Å². The van der Waals surface area contributed by atoms with Crippen LogP contribution in [0, 0.1) is 0 Å². The van der Waals surface area contributed by atoms with Crippen LogP contribution in [-0.2, 0) is 14.3 Å². The van der Waals surface area contributed by atoms with Crippen molar-refractivity contribution in [1.29, 1.82) is 0 Å². The molecule has 0 aromatic heterocycles. The minimum absolute atomic E-state index is 0. The molecule has 0 aliphatic heterocycles. The Balaban J connectivity index is 0.00000484. The lowest BCUT2D eigenvalue weighted by Gasteiger charge is -2.24. The van der Waals surface area contributed by atoms with Crippen LogP contribution in [0.15, 0.2) is 4.99 Å². The summed E-state index contributed by atoms with van der Waals surface area (Å²) in [7, 11) is 3.41. The second-order valence-electron chi connectivity index (χ2n) is 6.32. The molecular formula is C16H32IN3O3. The maximum Gasteiger partial charge on any atom is 0.306 e. The van der Waals surface area contributed by atoms with Crippen LogP contribution in [-0.4, -0.2) is 50.9 Å². The van der Waals surface area contributed by atoms with Gasteiger partial charge in [-0.1, -0.05) is 0 Å². The van der Waals surface area contributed by atoms with E-state index in [1.807, 2.05) is 13.8 Å². The molecule has 0 atom stereocenters. The Labute approximate surface area is 157 Å². The lowest BCUT2D eigenvalue weighted by atomic mass is 10.1. The normalized spacial score (nSPS) is 15.9. The Bertz CT molecular complexity index is 370. The summed E-state index contributed by atoms with van der Waals surface area (Å²) in [6, 6.07) is 0. The molecule has 136 valence electrons. The number of carbonyl (C=O) groups excluding carboxylic acids is 1. The van der Waals surface area contributed by atoms with Gasteiger partial charge < -0.3 is 20.1 Å². The number of nitrogens with zero attached hydrogens (tertiary/aromatic N) is 1. The molecule has 0 aromatic rings. The van der Waals surface area contributed by atoms with Crippen LogP contribution < -0.4 is 10.6 Å². The van der Waals surface area contributed by atoms with Crippen molar-refractivity contribution >= 4 is 35.9 Å². The summed E-state index contributed by atoms with van der Waals surface area (Å²) in [4.78, 5) is 15.8. The van der Waals surface area contributed by atoms with Crippen LogP contribution in [0.4, 0.5) is 0 Å². The number of ether oxygens (including phenoxy) is 2. The predicted octanol–water partition coefficient (Wildman–Crippen LogP) is 2.46. The molecule has 1 saturated carbocycles. The molecule has 23 heavy (non-hydrogen) atoms. The predicted molar refractivity (Wildman–Crippen MR) is 103 cm³/mol. The van der Waals surface area contributed by atoms with Crippen molar-refractivity contribution in [1.82, 2.24) is 10.6 Å². The molecule has 1 rings (SSSR count). The smallest absolute Gasteiger partial charge is 0.306 e. The number of esters is 1. The molecule has 1 aliphatic carbocycles. The van der Waals surface area contributed by atoms with Crippen LogP contribution >= 0.6 is 24.0 Å². The van der Waals surface area contributed by atoms with Gasteiger partial charge in [0.15, 0.2) is 5.96 Å². The number of halogens is 1. The molecular weight excluding hydrogens is 409 g/mol. The first-order chi connectivity index (χ1) is 10.5. The number of aliphatic imine (C=N–C) groups is 1. The van der Waals surface area contributed by atoms with Gasteiger partial charge in [0.25, 0.3) is 0 Å². The maximum atomic E-state index is 11.7. The number of nitrogens with one attached hydrogen (secondary N) is 2. The quantitative estimate of drug-likeness (QED) is 0.199. The summed E-state index contributed by atoms with van der Waals surface area (Å²) in [6.07, 6.45) is 5.75. The number of hydrogen-bond acceptors (Lipinski definition) is 4. The van der Waals surface area contributed by atoms with E-state index in [9.17, 15) is 4.79 Å². The van der Waals surface area contributed by atoms with Crippen molar-refractivity contribution in [3.05, 3.63) is 0 Å². The molecule has 0 spiro atoms. The third-order valence-corrected chi connectivity index (χ3v) is 3.91. The highest BCUT2D eigenvalue weighted by Crippen LogP contribution is 2.21. The molecule has 0 heterocycles. The van der Waals surface area contributed by atoms with Crippen LogP contribution in [0.25, 0.3) is 0 Å². The highest BCUT2D eigenvalue weighted by Gasteiger charge is 2.19. The fraction of sp³-hybridized carbons (Fsp3) is 0.875. The molecule has 1 aliphatic rings. The Morgan fingerprint density at radius 2 is 1.91 bits per heavy atom. The van der Waals surface area contributed by atoms with Gasteiger partial charge in [0.2, 0.25) is 0 Å². The lowest BCUT2D eigenvalue weighted by Crippen LogP contribution is -2.45. The van der Waals surface area contributed by atoms with Crippen LogP contribution in [0.2, 0.25) is 0 Å². The van der Waals surface area contributed by atoms with E-state index in [-0.39, 0.29) is 41.7 Å². The SMILES string of the molecule is CN=C(NCCCC(=O)OC1CCCC1)NCC(C)(C)OC.I. The standard InChI is InChI=1S/C16H31N3O3.HI/c1-16(2,21-4)12-19-15(17-3)18-11-7-10-14(20)22-13-8-5-6-9-13;/h13H,5-12H2,1-4H3,(H2,17,18,19);1H. The van der Waals surface area contributed by atoms with Crippen molar-refractivity contribution in [2.75, 3.05) is 27.2 Å². The first kappa shape index (κ1) is 22.4. The van der Waals surface area contributed by atoms with E-state index in [0.717, 1.165) is 19.3 Å². The van der Waals surface area contributed by atoms with Crippen molar-refractivity contribution in [3.63, 3.8) is 0 Å². The number of carbonyl (C=O) groups is 1. The monoisotopic (exact) mass is 441 g/mol. The molecule has 1 fully saturated rings. The van der Waals surface area contributed by atoms with Crippen LogP contribution in [0.5, 0.6) is 0 Å². The zero-order valence-electron chi connectivity index (χ0n) is 14.8. The average molecular weight is 441 g/mol. The van der Waals surface area contributed by atoms with E-state index in [4.69, 9.17) is 9.47 Å². The van der Waals surface area contributed by atoms with Crippen LogP contribution in [0.3, 0.4) is 0 Å². The third-order valence-electron chi connectivity index (χ3n) is 3.91.